The molecule has 0 saturated heterocycles. The standard InChI is InChI=1S/C13H14F3N3O/c1-10-17-6-8-19(10)9-7-18-11-2-4-12(5-3-11)20-13(14,15)16/h2-6,8,18H,7,9H2,1H3. The molecular formula is C13H14F3N3O. The third-order valence-electron chi connectivity index (χ3n) is 2.69. The van der Waals surface area contributed by atoms with Crippen molar-refractivity contribution < 1.29 is 17.9 Å². The molecule has 0 aliphatic carbocycles. The second-order valence-corrected chi connectivity index (χ2v) is 4.17. The van der Waals surface area contributed by atoms with Crippen molar-refractivity contribution in [2.75, 3.05) is 11.9 Å². The third-order valence-corrected chi connectivity index (χ3v) is 2.69. The van der Waals surface area contributed by atoms with Gasteiger partial charge in [0.2, 0.25) is 0 Å². The van der Waals surface area contributed by atoms with E-state index >= 15 is 0 Å². The quantitative estimate of drug-likeness (QED) is 0.917. The molecule has 0 atom stereocenters. The average Bonchev–Trinajstić information content (AvgIpc) is 2.76. The summed E-state index contributed by atoms with van der Waals surface area (Å²) >= 11 is 0. The van der Waals surface area contributed by atoms with Crippen LogP contribution in [0.4, 0.5) is 18.9 Å². The largest absolute Gasteiger partial charge is 0.573 e. The monoisotopic (exact) mass is 285 g/mol. The molecule has 4 nitrogen and oxygen atoms in total. The van der Waals surface area contributed by atoms with Crippen molar-refractivity contribution in [3.63, 3.8) is 0 Å². The summed E-state index contributed by atoms with van der Waals surface area (Å²) in [4.78, 5) is 4.10. The van der Waals surface area contributed by atoms with E-state index in [1.807, 2.05) is 17.7 Å². The normalized spacial score (nSPS) is 11.4. The molecule has 0 unspecified atom stereocenters. The Kier molecular flexibility index (Phi) is 4.16. The summed E-state index contributed by atoms with van der Waals surface area (Å²) < 4.78 is 41.8. The maximum Gasteiger partial charge on any atom is 0.573 e. The van der Waals surface area contributed by atoms with E-state index in [9.17, 15) is 13.2 Å². The molecule has 0 radical (unpaired) electrons. The second kappa shape index (κ2) is 5.85. The van der Waals surface area contributed by atoms with Gasteiger partial charge in [-0.1, -0.05) is 0 Å². The number of nitrogens with one attached hydrogen (secondary N) is 1. The molecule has 0 aliphatic heterocycles. The van der Waals surface area contributed by atoms with Gasteiger partial charge >= 0.3 is 6.36 Å². The van der Waals surface area contributed by atoms with Crippen LogP contribution in [0.2, 0.25) is 0 Å². The van der Waals surface area contributed by atoms with Crippen molar-refractivity contribution in [2.24, 2.45) is 0 Å². The van der Waals surface area contributed by atoms with E-state index in [4.69, 9.17) is 0 Å². The molecule has 20 heavy (non-hydrogen) atoms. The number of hydrogen-bond acceptors (Lipinski definition) is 3. The third kappa shape index (κ3) is 4.18. The number of halogens is 3. The predicted molar refractivity (Wildman–Crippen MR) is 68.6 cm³/mol. The van der Waals surface area contributed by atoms with Gasteiger partial charge in [0.25, 0.3) is 0 Å². The van der Waals surface area contributed by atoms with Crippen molar-refractivity contribution in [1.29, 1.82) is 0 Å². The molecule has 1 heterocycles. The van der Waals surface area contributed by atoms with Gasteiger partial charge in [-0.3, -0.25) is 0 Å². The molecular weight excluding hydrogens is 271 g/mol. The van der Waals surface area contributed by atoms with Crippen molar-refractivity contribution >= 4 is 5.69 Å². The van der Waals surface area contributed by atoms with Gasteiger partial charge in [0.05, 0.1) is 0 Å². The van der Waals surface area contributed by atoms with Crippen molar-refractivity contribution in [3.8, 4) is 5.75 Å². The Morgan fingerprint density at radius 3 is 2.50 bits per heavy atom. The van der Waals surface area contributed by atoms with Crippen LogP contribution in [0, 0.1) is 6.92 Å². The van der Waals surface area contributed by atoms with Crippen LogP contribution in [0.25, 0.3) is 0 Å². The number of benzene rings is 1. The SMILES string of the molecule is Cc1nccn1CCNc1ccc(OC(F)(F)F)cc1. The molecule has 0 spiro atoms. The fourth-order valence-corrected chi connectivity index (χ4v) is 1.74. The Balaban J connectivity index is 1.83. The molecule has 0 bridgehead atoms. The number of imidazole rings is 1. The van der Waals surface area contributed by atoms with Crippen LogP contribution in [0.5, 0.6) is 5.75 Å². The van der Waals surface area contributed by atoms with Crippen LogP contribution < -0.4 is 10.1 Å². The molecule has 0 amide bonds. The number of nitrogens with zero attached hydrogens (tertiary/aromatic N) is 2. The molecule has 1 aromatic carbocycles. The average molecular weight is 285 g/mol. The van der Waals surface area contributed by atoms with Gasteiger partial charge in [-0.05, 0) is 31.2 Å². The van der Waals surface area contributed by atoms with E-state index in [0.29, 0.717) is 6.54 Å². The highest BCUT2D eigenvalue weighted by Gasteiger charge is 2.30. The highest BCUT2D eigenvalue weighted by molar-refractivity contribution is 5.46. The predicted octanol–water partition coefficient (Wildman–Crippen LogP) is 3.20. The minimum Gasteiger partial charge on any atom is -0.406 e. The first kappa shape index (κ1) is 14.2. The number of aromatic nitrogens is 2. The molecule has 0 aliphatic rings. The Labute approximate surface area is 114 Å². The molecule has 1 N–H and O–H groups in total. The lowest BCUT2D eigenvalue weighted by molar-refractivity contribution is -0.274. The summed E-state index contributed by atoms with van der Waals surface area (Å²) in [7, 11) is 0. The van der Waals surface area contributed by atoms with E-state index in [-0.39, 0.29) is 5.75 Å². The lowest BCUT2D eigenvalue weighted by Gasteiger charge is -2.11. The fourth-order valence-electron chi connectivity index (χ4n) is 1.74. The van der Waals surface area contributed by atoms with Crippen LogP contribution in [-0.2, 0) is 6.54 Å². The van der Waals surface area contributed by atoms with Gasteiger partial charge in [-0.15, -0.1) is 13.2 Å². The number of rotatable bonds is 5. The topological polar surface area (TPSA) is 39.1 Å². The van der Waals surface area contributed by atoms with Crippen molar-refractivity contribution in [2.45, 2.75) is 19.8 Å². The Hall–Kier alpha value is -2.18. The van der Waals surface area contributed by atoms with E-state index in [2.05, 4.69) is 15.0 Å². The maximum atomic E-state index is 12.0. The zero-order valence-electron chi connectivity index (χ0n) is 10.8. The number of alkyl halides is 3. The number of ether oxygens (including phenoxy) is 1. The van der Waals surface area contributed by atoms with E-state index in [1.54, 1.807) is 18.3 Å². The summed E-state index contributed by atoms with van der Waals surface area (Å²) in [5.41, 5.74) is 0.734. The lowest BCUT2D eigenvalue weighted by Crippen LogP contribution is -2.17. The first-order valence-corrected chi connectivity index (χ1v) is 6.01. The van der Waals surface area contributed by atoms with Crippen LogP contribution in [0.3, 0.4) is 0 Å². The van der Waals surface area contributed by atoms with Crippen LogP contribution >= 0.6 is 0 Å². The zero-order valence-corrected chi connectivity index (χ0v) is 10.8. The molecule has 7 heteroatoms. The molecule has 1 aromatic heterocycles. The number of anilines is 1. The van der Waals surface area contributed by atoms with E-state index in [0.717, 1.165) is 18.1 Å². The van der Waals surface area contributed by atoms with Gasteiger partial charge in [-0.2, -0.15) is 0 Å². The van der Waals surface area contributed by atoms with Gasteiger partial charge < -0.3 is 14.6 Å². The highest BCUT2D eigenvalue weighted by atomic mass is 19.4. The molecule has 0 fully saturated rings. The highest BCUT2D eigenvalue weighted by Crippen LogP contribution is 2.23. The summed E-state index contributed by atoms with van der Waals surface area (Å²) in [5.74, 6) is 0.689. The Bertz CT molecular complexity index is 549. The smallest absolute Gasteiger partial charge is 0.406 e. The van der Waals surface area contributed by atoms with E-state index in [1.165, 1.54) is 12.1 Å². The lowest BCUT2D eigenvalue weighted by atomic mass is 10.3. The molecule has 0 saturated carbocycles. The minimum absolute atomic E-state index is 0.228. The summed E-state index contributed by atoms with van der Waals surface area (Å²) in [6.07, 6.45) is -1.07. The zero-order chi connectivity index (χ0) is 14.6. The molecule has 108 valence electrons. The maximum absolute atomic E-state index is 12.0. The van der Waals surface area contributed by atoms with Crippen molar-refractivity contribution in [1.82, 2.24) is 9.55 Å². The minimum atomic E-state index is -4.66. The van der Waals surface area contributed by atoms with Crippen LogP contribution in [0.1, 0.15) is 5.82 Å². The second-order valence-electron chi connectivity index (χ2n) is 4.17. The number of hydrogen-bond donors (Lipinski definition) is 1. The Morgan fingerprint density at radius 1 is 1.25 bits per heavy atom. The summed E-state index contributed by atoms with van der Waals surface area (Å²) in [5, 5.41) is 3.11. The summed E-state index contributed by atoms with van der Waals surface area (Å²) in [6.45, 7) is 3.28. The van der Waals surface area contributed by atoms with Crippen LogP contribution in [0.15, 0.2) is 36.7 Å². The van der Waals surface area contributed by atoms with Gasteiger partial charge in [0.15, 0.2) is 0 Å². The molecule has 2 aromatic rings. The number of aryl methyl sites for hydroxylation is 1. The Morgan fingerprint density at radius 2 is 1.95 bits per heavy atom. The van der Waals surface area contributed by atoms with Gasteiger partial charge in [-0.25, -0.2) is 4.98 Å². The van der Waals surface area contributed by atoms with Gasteiger partial charge in [0, 0.05) is 31.2 Å². The van der Waals surface area contributed by atoms with Crippen molar-refractivity contribution in [3.05, 3.63) is 42.5 Å². The van der Waals surface area contributed by atoms with Gasteiger partial charge in [0.1, 0.15) is 11.6 Å². The van der Waals surface area contributed by atoms with Crippen LogP contribution in [-0.4, -0.2) is 22.5 Å². The first-order chi connectivity index (χ1) is 9.44. The summed E-state index contributed by atoms with van der Waals surface area (Å²) in [6, 6.07) is 5.64. The molecule has 2 rings (SSSR count). The fraction of sp³-hybridized carbons (Fsp3) is 0.308. The van der Waals surface area contributed by atoms with E-state index < -0.39 is 6.36 Å². The first-order valence-electron chi connectivity index (χ1n) is 6.01.